The number of anilines is 1. The Morgan fingerprint density at radius 1 is 1.50 bits per heavy atom. The Bertz CT molecular complexity index is 411. The number of hydrogen-bond acceptors (Lipinski definition) is 4. The molecule has 1 fully saturated rings. The molecule has 1 aromatic heterocycles. The molecule has 1 saturated heterocycles. The second-order valence-corrected chi connectivity index (χ2v) is 5.56. The minimum Gasteiger partial charge on any atom is -0.367 e. The first kappa shape index (κ1) is 13.6. The molecule has 2 rings (SSSR count). The van der Waals surface area contributed by atoms with E-state index in [1.165, 1.54) is 0 Å². The summed E-state index contributed by atoms with van der Waals surface area (Å²) < 4.78 is 5.91. The van der Waals surface area contributed by atoms with Crippen LogP contribution in [0.5, 0.6) is 0 Å². The van der Waals surface area contributed by atoms with Crippen LogP contribution in [0.2, 0.25) is 0 Å². The second kappa shape index (κ2) is 5.41. The van der Waals surface area contributed by atoms with Gasteiger partial charge < -0.3 is 9.64 Å². The quantitative estimate of drug-likeness (QED) is 0.789. The van der Waals surface area contributed by atoms with Crippen molar-refractivity contribution < 1.29 is 4.74 Å². The molecular weight excluding hydrogens is 250 g/mol. The molecule has 1 atom stereocenters. The van der Waals surface area contributed by atoms with E-state index in [4.69, 9.17) is 16.3 Å². The number of aryl methyl sites for hydroxylation is 1. The molecule has 1 aliphatic rings. The van der Waals surface area contributed by atoms with Gasteiger partial charge in [0.15, 0.2) is 0 Å². The summed E-state index contributed by atoms with van der Waals surface area (Å²) in [4.78, 5) is 10.8. The van der Waals surface area contributed by atoms with Crippen LogP contribution in [-0.4, -0.2) is 40.6 Å². The molecular formula is C13H20ClN3O. The van der Waals surface area contributed by atoms with Crippen molar-refractivity contribution in [2.24, 2.45) is 0 Å². The predicted molar refractivity (Wildman–Crippen MR) is 73.3 cm³/mol. The summed E-state index contributed by atoms with van der Waals surface area (Å²) in [6.07, 6.45) is 2.60. The highest BCUT2D eigenvalue weighted by molar-refractivity contribution is 6.18. The third-order valence-corrected chi connectivity index (χ3v) is 3.39. The number of hydrogen-bond donors (Lipinski definition) is 0. The molecule has 5 heteroatoms. The van der Waals surface area contributed by atoms with Crippen molar-refractivity contribution in [2.75, 3.05) is 23.9 Å². The van der Waals surface area contributed by atoms with Gasteiger partial charge in [0, 0.05) is 24.8 Å². The van der Waals surface area contributed by atoms with Crippen LogP contribution >= 0.6 is 11.6 Å². The van der Waals surface area contributed by atoms with Crippen molar-refractivity contribution >= 4 is 17.4 Å². The number of aromatic nitrogens is 2. The lowest BCUT2D eigenvalue weighted by Crippen LogP contribution is -2.53. The maximum absolute atomic E-state index is 5.93. The Morgan fingerprint density at radius 3 is 2.94 bits per heavy atom. The van der Waals surface area contributed by atoms with E-state index in [9.17, 15) is 0 Å². The maximum atomic E-state index is 5.93. The van der Waals surface area contributed by atoms with Crippen molar-refractivity contribution in [1.82, 2.24) is 9.97 Å². The number of alkyl halides is 1. The van der Waals surface area contributed by atoms with Crippen LogP contribution in [0.4, 0.5) is 5.82 Å². The molecule has 0 aromatic carbocycles. The van der Waals surface area contributed by atoms with Gasteiger partial charge in [0.25, 0.3) is 0 Å². The van der Waals surface area contributed by atoms with E-state index in [-0.39, 0.29) is 11.7 Å². The fourth-order valence-electron chi connectivity index (χ4n) is 2.30. The molecule has 0 bridgehead atoms. The van der Waals surface area contributed by atoms with Gasteiger partial charge in [-0.15, -0.1) is 11.6 Å². The van der Waals surface area contributed by atoms with Crippen LogP contribution in [0.25, 0.3) is 0 Å². The van der Waals surface area contributed by atoms with E-state index in [1.807, 2.05) is 6.07 Å². The topological polar surface area (TPSA) is 38.2 Å². The SMILES string of the molecule is CCc1cc(N2CC(CCl)OC(C)(C)C2)ncn1. The molecule has 0 amide bonds. The summed E-state index contributed by atoms with van der Waals surface area (Å²) in [5.41, 5.74) is 0.863. The highest BCUT2D eigenvalue weighted by Crippen LogP contribution is 2.25. The summed E-state index contributed by atoms with van der Waals surface area (Å²) in [5, 5.41) is 0. The number of rotatable bonds is 3. The molecule has 2 heterocycles. The van der Waals surface area contributed by atoms with Crippen LogP contribution in [0.1, 0.15) is 26.5 Å². The minimum atomic E-state index is -0.199. The third-order valence-electron chi connectivity index (χ3n) is 3.05. The van der Waals surface area contributed by atoms with Gasteiger partial charge in [-0.05, 0) is 20.3 Å². The zero-order chi connectivity index (χ0) is 13.2. The molecule has 100 valence electrons. The van der Waals surface area contributed by atoms with E-state index < -0.39 is 0 Å². The van der Waals surface area contributed by atoms with Gasteiger partial charge in [-0.2, -0.15) is 0 Å². The lowest BCUT2D eigenvalue weighted by Gasteiger charge is -2.42. The average molecular weight is 270 g/mol. The van der Waals surface area contributed by atoms with E-state index in [0.717, 1.165) is 31.0 Å². The molecule has 0 saturated carbocycles. The van der Waals surface area contributed by atoms with Crippen LogP contribution in [0, 0.1) is 0 Å². The van der Waals surface area contributed by atoms with E-state index in [0.29, 0.717) is 5.88 Å². The zero-order valence-corrected chi connectivity index (χ0v) is 11.9. The van der Waals surface area contributed by atoms with Crippen LogP contribution in [0.3, 0.4) is 0 Å². The monoisotopic (exact) mass is 269 g/mol. The highest BCUT2D eigenvalue weighted by atomic mass is 35.5. The fraction of sp³-hybridized carbons (Fsp3) is 0.692. The molecule has 18 heavy (non-hydrogen) atoms. The van der Waals surface area contributed by atoms with Gasteiger partial charge in [0.2, 0.25) is 0 Å². The fourth-order valence-corrected chi connectivity index (χ4v) is 2.46. The van der Waals surface area contributed by atoms with E-state index in [1.54, 1.807) is 6.33 Å². The predicted octanol–water partition coefficient (Wildman–Crippen LogP) is 2.26. The first-order valence-electron chi connectivity index (χ1n) is 6.33. The Balaban J connectivity index is 2.20. The van der Waals surface area contributed by atoms with Crippen LogP contribution in [0.15, 0.2) is 12.4 Å². The number of ether oxygens (including phenoxy) is 1. The Morgan fingerprint density at radius 2 is 2.28 bits per heavy atom. The van der Waals surface area contributed by atoms with Crippen molar-refractivity contribution in [3.63, 3.8) is 0 Å². The normalized spacial score (nSPS) is 23.1. The first-order chi connectivity index (χ1) is 8.54. The summed E-state index contributed by atoms with van der Waals surface area (Å²) >= 11 is 5.93. The van der Waals surface area contributed by atoms with E-state index in [2.05, 4.69) is 35.6 Å². The van der Waals surface area contributed by atoms with E-state index >= 15 is 0 Å². The van der Waals surface area contributed by atoms with Gasteiger partial charge in [0.05, 0.1) is 17.6 Å². The number of nitrogens with zero attached hydrogens (tertiary/aromatic N) is 3. The summed E-state index contributed by atoms with van der Waals surface area (Å²) in [5.74, 6) is 1.47. The van der Waals surface area contributed by atoms with Gasteiger partial charge in [0.1, 0.15) is 12.1 Å². The molecule has 1 unspecified atom stereocenters. The lowest BCUT2D eigenvalue weighted by atomic mass is 10.1. The summed E-state index contributed by atoms with van der Waals surface area (Å²) in [7, 11) is 0. The zero-order valence-electron chi connectivity index (χ0n) is 11.2. The summed E-state index contributed by atoms with van der Waals surface area (Å²) in [6.45, 7) is 7.87. The number of halogens is 1. The van der Waals surface area contributed by atoms with Gasteiger partial charge >= 0.3 is 0 Å². The van der Waals surface area contributed by atoms with Gasteiger partial charge in [-0.1, -0.05) is 6.92 Å². The van der Waals surface area contributed by atoms with Crippen molar-refractivity contribution in [2.45, 2.75) is 38.9 Å². The van der Waals surface area contributed by atoms with Gasteiger partial charge in [-0.25, -0.2) is 9.97 Å². The Kier molecular flexibility index (Phi) is 4.07. The van der Waals surface area contributed by atoms with Crippen molar-refractivity contribution in [1.29, 1.82) is 0 Å². The molecule has 0 spiro atoms. The largest absolute Gasteiger partial charge is 0.367 e. The van der Waals surface area contributed by atoms with Crippen molar-refractivity contribution in [3.05, 3.63) is 18.1 Å². The third kappa shape index (κ3) is 3.12. The van der Waals surface area contributed by atoms with Crippen LogP contribution < -0.4 is 4.90 Å². The number of morpholine rings is 1. The highest BCUT2D eigenvalue weighted by Gasteiger charge is 2.33. The second-order valence-electron chi connectivity index (χ2n) is 5.26. The Labute approximate surface area is 113 Å². The average Bonchev–Trinajstić information content (AvgIpc) is 2.37. The Hall–Kier alpha value is -0.870. The standard InChI is InChI=1S/C13H20ClN3O/c1-4-10-5-12(16-9-15-10)17-7-11(6-14)18-13(2,3)8-17/h5,9,11H,4,6-8H2,1-3H3. The lowest BCUT2D eigenvalue weighted by molar-refractivity contribution is -0.0736. The minimum absolute atomic E-state index is 0.0514. The molecule has 0 radical (unpaired) electrons. The molecule has 1 aromatic rings. The molecule has 4 nitrogen and oxygen atoms in total. The van der Waals surface area contributed by atoms with Crippen molar-refractivity contribution in [3.8, 4) is 0 Å². The smallest absolute Gasteiger partial charge is 0.132 e. The summed E-state index contributed by atoms with van der Waals surface area (Å²) in [6, 6.07) is 2.05. The molecule has 1 aliphatic heterocycles. The molecule has 0 aliphatic carbocycles. The maximum Gasteiger partial charge on any atom is 0.132 e. The van der Waals surface area contributed by atoms with Gasteiger partial charge in [-0.3, -0.25) is 0 Å². The molecule has 0 N–H and O–H groups in total. The van der Waals surface area contributed by atoms with Crippen LogP contribution in [-0.2, 0) is 11.2 Å². The first-order valence-corrected chi connectivity index (χ1v) is 6.87.